The van der Waals surface area contributed by atoms with Crippen LogP contribution in [0.15, 0.2) is 48.5 Å². The lowest BCUT2D eigenvalue weighted by Gasteiger charge is -2.29. The van der Waals surface area contributed by atoms with E-state index in [0.717, 1.165) is 20.2 Å². The van der Waals surface area contributed by atoms with Gasteiger partial charge in [0, 0.05) is 9.49 Å². The van der Waals surface area contributed by atoms with E-state index < -0.39 is 12.1 Å². The molecular formula is C22H23IN4O2. The van der Waals surface area contributed by atoms with Gasteiger partial charge in [-0.2, -0.15) is 0 Å². The molecule has 1 aliphatic rings. The molecule has 1 fully saturated rings. The second-order valence-corrected chi connectivity index (χ2v) is 9.05. The molecule has 3 amide bonds. The Morgan fingerprint density at radius 1 is 1.07 bits per heavy atom. The summed E-state index contributed by atoms with van der Waals surface area (Å²) in [6.07, 6.45) is 0. The highest BCUT2D eigenvalue weighted by Gasteiger charge is 2.46. The number of imidazole rings is 1. The van der Waals surface area contributed by atoms with E-state index in [1.54, 1.807) is 0 Å². The van der Waals surface area contributed by atoms with Crippen molar-refractivity contribution in [3.63, 3.8) is 0 Å². The summed E-state index contributed by atoms with van der Waals surface area (Å²) in [6.45, 7) is 5.90. The molecule has 29 heavy (non-hydrogen) atoms. The van der Waals surface area contributed by atoms with E-state index in [-0.39, 0.29) is 23.8 Å². The molecule has 1 aliphatic heterocycles. The lowest BCUT2D eigenvalue weighted by molar-refractivity contribution is -0.130. The zero-order valence-corrected chi connectivity index (χ0v) is 18.7. The molecule has 6 nitrogen and oxygen atoms in total. The highest BCUT2D eigenvalue weighted by molar-refractivity contribution is 14.1. The van der Waals surface area contributed by atoms with Crippen molar-refractivity contribution in [1.29, 1.82) is 0 Å². The van der Waals surface area contributed by atoms with Crippen molar-refractivity contribution >= 4 is 45.6 Å². The SMILES string of the molecule is CC(C)[C@H]1NC(=O)N([C@H](c2nc3ccc(I)cc3[nH]2)[C@@H](C)c2ccccc2)C1=O. The number of imide groups is 1. The van der Waals surface area contributed by atoms with Crippen LogP contribution in [0.2, 0.25) is 0 Å². The molecule has 7 heteroatoms. The number of aromatic amines is 1. The molecule has 1 aromatic heterocycles. The number of hydrogen-bond acceptors (Lipinski definition) is 3. The summed E-state index contributed by atoms with van der Waals surface area (Å²) < 4.78 is 1.09. The van der Waals surface area contributed by atoms with E-state index in [9.17, 15) is 9.59 Å². The molecule has 4 rings (SSSR count). The van der Waals surface area contributed by atoms with E-state index in [1.165, 1.54) is 4.90 Å². The van der Waals surface area contributed by atoms with Crippen molar-refractivity contribution in [2.75, 3.05) is 0 Å². The number of rotatable bonds is 5. The molecule has 0 radical (unpaired) electrons. The van der Waals surface area contributed by atoms with Crippen LogP contribution in [-0.2, 0) is 4.79 Å². The van der Waals surface area contributed by atoms with Gasteiger partial charge in [-0.3, -0.25) is 9.69 Å². The molecule has 2 aromatic carbocycles. The molecule has 0 spiro atoms. The Kier molecular flexibility index (Phi) is 5.33. The summed E-state index contributed by atoms with van der Waals surface area (Å²) in [4.78, 5) is 35.5. The van der Waals surface area contributed by atoms with Crippen LogP contribution in [0.4, 0.5) is 4.79 Å². The molecule has 150 valence electrons. The monoisotopic (exact) mass is 502 g/mol. The first kappa shape index (κ1) is 19.9. The summed E-state index contributed by atoms with van der Waals surface area (Å²) in [5, 5.41) is 2.85. The molecule has 2 heterocycles. The fraction of sp³-hybridized carbons (Fsp3) is 0.318. The zero-order chi connectivity index (χ0) is 20.7. The minimum atomic E-state index is -0.529. The summed E-state index contributed by atoms with van der Waals surface area (Å²) in [6, 6.07) is 14.5. The highest BCUT2D eigenvalue weighted by atomic mass is 127. The minimum absolute atomic E-state index is 0.0152. The maximum absolute atomic E-state index is 13.2. The zero-order valence-electron chi connectivity index (χ0n) is 16.5. The number of amides is 3. The summed E-state index contributed by atoms with van der Waals surface area (Å²) in [5.74, 6) is 0.303. The molecule has 3 atom stereocenters. The van der Waals surface area contributed by atoms with Gasteiger partial charge in [0.1, 0.15) is 17.9 Å². The lowest BCUT2D eigenvalue weighted by Crippen LogP contribution is -2.39. The van der Waals surface area contributed by atoms with E-state index >= 15 is 0 Å². The average molecular weight is 502 g/mol. The van der Waals surface area contributed by atoms with Crippen molar-refractivity contribution < 1.29 is 9.59 Å². The first-order valence-electron chi connectivity index (χ1n) is 9.70. The smallest absolute Gasteiger partial charge is 0.325 e. The van der Waals surface area contributed by atoms with Crippen molar-refractivity contribution in [3.8, 4) is 0 Å². The fourth-order valence-electron chi connectivity index (χ4n) is 3.89. The van der Waals surface area contributed by atoms with Crippen LogP contribution in [0.5, 0.6) is 0 Å². The van der Waals surface area contributed by atoms with Crippen LogP contribution in [0.25, 0.3) is 11.0 Å². The van der Waals surface area contributed by atoms with Gasteiger partial charge in [0.25, 0.3) is 5.91 Å². The Morgan fingerprint density at radius 2 is 1.79 bits per heavy atom. The number of urea groups is 1. The van der Waals surface area contributed by atoms with Crippen molar-refractivity contribution in [2.45, 2.75) is 38.8 Å². The number of halogens is 1. The number of H-pyrrole nitrogens is 1. The number of nitrogens with zero attached hydrogens (tertiary/aromatic N) is 2. The van der Waals surface area contributed by atoms with E-state index in [0.29, 0.717) is 5.82 Å². The lowest BCUT2D eigenvalue weighted by atomic mass is 9.91. The van der Waals surface area contributed by atoms with Gasteiger partial charge in [0.15, 0.2) is 0 Å². The number of carbonyl (C=O) groups excluding carboxylic acids is 2. The topological polar surface area (TPSA) is 78.1 Å². The largest absolute Gasteiger partial charge is 0.340 e. The van der Waals surface area contributed by atoms with Gasteiger partial charge in [-0.25, -0.2) is 9.78 Å². The predicted octanol–water partition coefficient (Wildman–Crippen LogP) is 4.59. The summed E-state index contributed by atoms with van der Waals surface area (Å²) in [5.41, 5.74) is 2.75. The summed E-state index contributed by atoms with van der Waals surface area (Å²) >= 11 is 2.26. The molecule has 0 aliphatic carbocycles. The van der Waals surface area contributed by atoms with E-state index in [1.807, 2.05) is 69.3 Å². The third-order valence-corrected chi connectivity index (χ3v) is 6.16. The third kappa shape index (κ3) is 3.63. The predicted molar refractivity (Wildman–Crippen MR) is 120 cm³/mol. The molecule has 3 aromatic rings. The van der Waals surface area contributed by atoms with Crippen molar-refractivity contribution in [1.82, 2.24) is 20.2 Å². The molecule has 0 saturated carbocycles. The van der Waals surface area contributed by atoms with Gasteiger partial charge in [0.05, 0.1) is 11.0 Å². The van der Waals surface area contributed by atoms with Crippen LogP contribution >= 0.6 is 22.6 Å². The van der Waals surface area contributed by atoms with Crippen LogP contribution < -0.4 is 5.32 Å². The van der Waals surface area contributed by atoms with Crippen molar-refractivity contribution in [2.24, 2.45) is 5.92 Å². The number of hydrogen-bond donors (Lipinski definition) is 2. The van der Waals surface area contributed by atoms with Crippen LogP contribution in [0, 0.1) is 9.49 Å². The fourth-order valence-corrected chi connectivity index (χ4v) is 4.38. The second kappa shape index (κ2) is 7.78. The number of fused-ring (bicyclic) bond motifs is 1. The maximum atomic E-state index is 13.2. The Morgan fingerprint density at radius 3 is 2.45 bits per heavy atom. The normalized spacial score (nSPS) is 19.1. The Hall–Kier alpha value is -2.42. The molecular weight excluding hydrogens is 479 g/mol. The second-order valence-electron chi connectivity index (χ2n) is 7.81. The number of aromatic nitrogens is 2. The summed E-state index contributed by atoms with van der Waals surface area (Å²) in [7, 11) is 0. The number of benzene rings is 2. The Labute approximate surface area is 183 Å². The van der Waals surface area contributed by atoms with Gasteiger partial charge >= 0.3 is 6.03 Å². The van der Waals surface area contributed by atoms with Crippen LogP contribution in [0.3, 0.4) is 0 Å². The van der Waals surface area contributed by atoms with Crippen molar-refractivity contribution in [3.05, 3.63) is 63.5 Å². The number of nitrogens with one attached hydrogen (secondary N) is 2. The molecule has 1 saturated heterocycles. The molecule has 0 bridgehead atoms. The quantitative estimate of drug-likeness (QED) is 0.396. The maximum Gasteiger partial charge on any atom is 0.325 e. The first-order chi connectivity index (χ1) is 13.9. The van der Waals surface area contributed by atoms with Gasteiger partial charge in [-0.05, 0) is 52.3 Å². The Bertz CT molecular complexity index is 1060. The average Bonchev–Trinajstić information content (AvgIpc) is 3.24. The third-order valence-electron chi connectivity index (χ3n) is 5.49. The van der Waals surface area contributed by atoms with Crippen LogP contribution in [-0.4, -0.2) is 32.8 Å². The number of carbonyl (C=O) groups is 2. The van der Waals surface area contributed by atoms with Gasteiger partial charge < -0.3 is 10.3 Å². The standard InChI is InChI=1S/C22H23IN4O2/c1-12(2)18-21(28)27(22(29)26-18)19(13(3)14-7-5-4-6-8-14)20-24-16-10-9-15(23)11-17(16)25-20/h4-13,18-19H,1-3H3,(H,24,25)(H,26,29)/t13-,18+,19-/m0/s1. The molecule has 2 N–H and O–H groups in total. The van der Waals surface area contributed by atoms with Gasteiger partial charge in [0.2, 0.25) is 0 Å². The van der Waals surface area contributed by atoms with E-state index in [2.05, 4.69) is 32.9 Å². The van der Waals surface area contributed by atoms with E-state index in [4.69, 9.17) is 4.98 Å². The first-order valence-corrected chi connectivity index (χ1v) is 10.8. The molecule has 0 unspecified atom stereocenters. The highest BCUT2D eigenvalue weighted by Crippen LogP contribution is 2.37. The van der Waals surface area contributed by atoms with Gasteiger partial charge in [-0.1, -0.05) is 51.1 Å². The Balaban J connectivity index is 1.83. The van der Waals surface area contributed by atoms with Gasteiger partial charge in [-0.15, -0.1) is 0 Å². The minimum Gasteiger partial charge on any atom is -0.340 e. The van der Waals surface area contributed by atoms with Crippen LogP contribution in [0.1, 0.15) is 44.1 Å².